The zero-order valence-corrected chi connectivity index (χ0v) is 12.6. The normalized spacial score (nSPS) is 10.2. The molecule has 20 heavy (non-hydrogen) atoms. The molecule has 5 nitrogen and oxygen atoms in total. The van der Waals surface area contributed by atoms with Crippen LogP contribution in [-0.4, -0.2) is 24.0 Å². The molecule has 2 aromatic heterocycles. The van der Waals surface area contributed by atoms with Gasteiger partial charge in [-0.05, 0) is 17.9 Å². The number of anilines is 1. The van der Waals surface area contributed by atoms with Crippen molar-refractivity contribution in [2.45, 2.75) is 19.3 Å². The van der Waals surface area contributed by atoms with Crippen molar-refractivity contribution in [2.24, 2.45) is 0 Å². The van der Waals surface area contributed by atoms with Crippen molar-refractivity contribution in [1.29, 1.82) is 0 Å². The third-order valence-electron chi connectivity index (χ3n) is 2.53. The summed E-state index contributed by atoms with van der Waals surface area (Å²) in [6.07, 6.45) is 1.27. The summed E-state index contributed by atoms with van der Waals surface area (Å²) in [5.41, 5.74) is 0.607. The van der Waals surface area contributed by atoms with E-state index < -0.39 is 0 Å². The second kappa shape index (κ2) is 7.16. The molecule has 0 aliphatic carbocycles. The van der Waals surface area contributed by atoms with Gasteiger partial charge in [-0.2, -0.15) is 0 Å². The molecule has 1 amide bonds. The molecule has 2 aromatic rings. The first kappa shape index (κ1) is 14.7. The number of esters is 1. The molecule has 2 rings (SSSR count). The summed E-state index contributed by atoms with van der Waals surface area (Å²) in [7, 11) is 1.34. The van der Waals surface area contributed by atoms with E-state index in [1.807, 2.05) is 17.5 Å². The number of nitrogens with one attached hydrogen (secondary N) is 1. The van der Waals surface area contributed by atoms with Crippen molar-refractivity contribution < 1.29 is 14.3 Å². The summed E-state index contributed by atoms with van der Waals surface area (Å²) in [6, 6.07) is 3.98. The maximum atomic E-state index is 11.8. The average Bonchev–Trinajstić information content (AvgIpc) is 3.08. The van der Waals surface area contributed by atoms with Gasteiger partial charge >= 0.3 is 5.97 Å². The van der Waals surface area contributed by atoms with Crippen LogP contribution in [-0.2, 0) is 27.2 Å². The summed E-state index contributed by atoms with van der Waals surface area (Å²) in [4.78, 5) is 28.2. The zero-order valence-electron chi connectivity index (χ0n) is 10.9. The molecule has 0 spiro atoms. The van der Waals surface area contributed by atoms with Crippen LogP contribution in [0.1, 0.15) is 17.0 Å². The number of thiophene rings is 1. The van der Waals surface area contributed by atoms with Gasteiger partial charge in [0.2, 0.25) is 5.91 Å². The van der Waals surface area contributed by atoms with Crippen LogP contribution in [0, 0.1) is 0 Å². The van der Waals surface area contributed by atoms with Gasteiger partial charge in [0.1, 0.15) is 0 Å². The lowest BCUT2D eigenvalue weighted by Crippen LogP contribution is -2.12. The van der Waals surface area contributed by atoms with Gasteiger partial charge in [-0.15, -0.1) is 22.7 Å². The van der Waals surface area contributed by atoms with E-state index in [0.717, 1.165) is 6.42 Å². The number of carbonyl (C=O) groups excluding carboxylic acids is 2. The van der Waals surface area contributed by atoms with Crippen LogP contribution in [0.25, 0.3) is 0 Å². The van der Waals surface area contributed by atoms with Gasteiger partial charge in [0.15, 0.2) is 5.13 Å². The number of hydrogen-bond acceptors (Lipinski definition) is 6. The lowest BCUT2D eigenvalue weighted by Gasteiger charge is -2.00. The molecule has 0 atom stereocenters. The summed E-state index contributed by atoms with van der Waals surface area (Å²) in [6.45, 7) is 0. The maximum absolute atomic E-state index is 11.8. The predicted molar refractivity (Wildman–Crippen MR) is 79.1 cm³/mol. The molecule has 0 aromatic carbocycles. The van der Waals surface area contributed by atoms with Crippen LogP contribution in [0.2, 0.25) is 0 Å². The number of rotatable bonds is 6. The summed E-state index contributed by atoms with van der Waals surface area (Å²) in [5.74, 6) is -0.414. The first-order chi connectivity index (χ1) is 9.67. The first-order valence-corrected chi connectivity index (χ1v) is 7.77. The molecule has 0 fully saturated rings. The molecule has 1 N–H and O–H groups in total. The van der Waals surface area contributed by atoms with Crippen LogP contribution < -0.4 is 5.32 Å². The van der Waals surface area contributed by atoms with Crippen LogP contribution in [0.5, 0.6) is 0 Å². The van der Waals surface area contributed by atoms with E-state index in [4.69, 9.17) is 0 Å². The lowest BCUT2D eigenvalue weighted by molar-refractivity contribution is -0.139. The number of thiazole rings is 1. The van der Waals surface area contributed by atoms with Crippen LogP contribution in [0.4, 0.5) is 5.13 Å². The van der Waals surface area contributed by atoms with Crippen LogP contribution >= 0.6 is 22.7 Å². The van der Waals surface area contributed by atoms with Gasteiger partial charge in [0, 0.05) is 16.7 Å². The monoisotopic (exact) mass is 310 g/mol. The first-order valence-electron chi connectivity index (χ1n) is 6.01. The van der Waals surface area contributed by atoms with Gasteiger partial charge in [0.25, 0.3) is 0 Å². The van der Waals surface area contributed by atoms with E-state index in [1.165, 1.54) is 23.3 Å². The highest BCUT2D eigenvalue weighted by Gasteiger charge is 2.10. The predicted octanol–water partition coefficient (Wildman–Crippen LogP) is 2.49. The minimum Gasteiger partial charge on any atom is -0.469 e. The molecule has 7 heteroatoms. The Morgan fingerprint density at radius 2 is 2.25 bits per heavy atom. The number of amides is 1. The number of methoxy groups -OCH3 is 1. The molecule has 0 radical (unpaired) electrons. The fourth-order valence-corrected chi connectivity index (χ4v) is 2.97. The lowest BCUT2D eigenvalue weighted by atomic mass is 10.2. The number of ether oxygens (including phenoxy) is 1. The van der Waals surface area contributed by atoms with Crippen molar-refractivity contribution in [3.05, 3.63) is 33.5 Å². The van der Waals surface area contributed by atoms with Crippen molar-refractivity contribution in [2.75, 3.05) is 12.4 Å². The van der Waals surface area contributed by atoms with E-state index in [0.29, 0.717) is 17.2 Å². The molecule has 0 saturated carbocycles. The largest absolute Gasteiger partial charge is 0.469 e. The molecule has 0 saturated heterocycles. The summed E-state index contributed by atoms with van der Waals surface area (Å²) >= 11 is 2.95. The van der Waals surface area contributed by atoms with E-state index >= 15 is 0 Å². The number of carbonyl (C=O) groups is 2. The maximum Gasteiger partial charge on any atom is 0.311 e. The highest BCUT2D eigenvalue weighted by atomic mass is 32.1. The van der Waals surface area contributed by atoms with Crippen molar-refractivity contribution in [3.8, 4) is 0 Å². The molecule has 0 bridgehead atoms. The van der Waals surface area contributed by atoms with Gasteiger partial charge in [0.05, 0.1) is 19.2 Å². The fraction of sp³-hybridized carbons (Fsp3) is 0.308. The van der Waals surface area contributed by atoms with Gasteiger partial charge in [-0.1, -0.05) is 6.07 Å². The molecule has 2 heterocycles. The third kappa shape index (κ3) is 4.43. The number of aromatic nitrogens is 1. The number of aryl methyl sites for hydroxylation is 1. The molecular formula is C13H14N2O3S2. The Bertz CT molecular complexity index is 578. The van der Waals surface area contributed by atoms with Crippen molar-refractivity contribution in [3.63, 3.8) is 0 Å². The van der Waals surface area contributed by atoms with E-state index in [-0.39, 0.29) is 18.3 Å². The van der Waals surface area contributed by atoms with Crippen LogP contribution in [0.15, 0.2) is 22.9 Å². The van der Waals surface area contributed by atoms with E-state index in [9.17, 15) is 9.59 Å². The topological polar surface area (TPSA) is 68.3 Å². The quantitative estimate of drug-likeness (QED) is 0.832. The fourth-order valence-electron chi connectivity index (χ4n) is 1.54. The SMILES string of the molecule is COC(=O)Cc1csc(NC(=O)CCc2cccs2)n1. The standard InChI is InChI=1S/C13H14N2O3S2/c1-18-12(17)7-9-8-20-13(14-9)15-11(16)5-4-10-3-2-6-19-10/h2-3,6,8H,4-5,7H2,1H3,(H,14,15,16). The van der Waals surface area contributed by atoms with Gasteiger partial charge < -0.3 is 10.1 Å². The Labute approximate surface area is 124 Å². The number of nitrogens with zero attached hydrogens (tertiary/aromatic N) is 1. The van der Waals surface area contributed by atoms with E-state index in [2.05, 4.69) is 15.0 Å². The van der Waals surface area contributed by atoms with Crippen molar-refractivity contribution in [1.82, 2.24) is 4.98 Å². The van der Waals surface area contributed by atoms with E-state index in [1.54, 1.807) is 16.7 Å². The highest BCUT2D eigenvalue weighted by Crippen LogP contribution is 2.17. The van der Waals surface area contributed by atoms with Crippen molar-refractivity contribution >= 4 is 39.7 Å². The Morgan fingerprint density at radius 1 is 1.40 bits per heavy atom. The molecule has 0 unspecified atom stereocenters. The second-order valence-corrected chi connectivity index (χ2v) is 5.91. The average molecular weight is 310 g/mol. The number of hydrogen-bond donors (Lipinski definition) is 1. The minimum absolute atomic E-state index is 0.0719. The zero-order chi connectivity index (χ0) is 14.4. The van der Waals surface area contributed by atoms with Gasteiger partial charge in [-0.3, -0.25) is 9.59 Å². The molecule has 0 aliphatic heterocycles. The second-order valence-electron chi connectivity index (χ2n) is 4.02. The molecular weight excluding hydrogens is 296 g/mol. The third-order valence-corrected chi connectivity index (χ3v) is 4.27. The Kier molecular flexibility index (Phi) is 5.25. The molecule has 106 valence electrons. The highest BCUT2D eigenvalue weighted by molar-refractivity contribution is 7.14. The van der Waals surface area contributed by atoms with Gasteiger partial charge in [-0.25, -0.2) is 4.98 Å². The Morgan fingerprint density at radius 3 is 2.95 bits per heavy atom. The molecule has 0 aliphatic rings. The Balaban J connectivity index is 1.80. The Hall–Kier alpha value is -1.73. The summed E-state index contributed by atoms with van der Waals surface area (Å²) in [5, 5.41) is 6.99. The van der Waals surface area contributed by atoms with Crippen LogP contribution in [0.3, 0.4) is 0 Å². The minimum atomic E-state index is -0.342. The smallest absolute Gasteiger partial charge is 0.311 e. The summed E-state index contributed by atoms with van der Waals surface area (Å²) < 4.78 is 4.56.